The number of aromatic nitrogens is 3. The predicted octanol–water partition coefficient (Wildman–Crippen LogP) is 3.46. The summed E-state index contributed by atoms with van der Waals surface area (Å²) in [6, 6.07) is 17.7. The molecule has 0 bridgehead atoms. The second-order valence-electron chi connectivity index (χ2n) is 9.52. The van der Waals surface area contributed by atoms with Crippen LogP contribution in [-0.4, -0.2) is 65.3 Å². The van der Waals surface area contributed by atoms with Crippen molar-refractivity contribution in [3.05, 3.63) is 111 Å². The third-order valence-electron chi connectivity index (χ3n) is 6.82. The van der Waals surface area contributed by atoms with Crippen molar-refractivity contribution >= 4 is 69.3 Å². The molecule has 4 aromatic rings. The molecule has 0 saturated carbocycles. The Morgan fingerprint density at radius 3 is 2.39 bits per heavy atom. The van der Waals surface area contributed by atoms with E-state index in [1.54, 1.807) is 17.5 Å². The number of hydrogen-bond donors (Lipinski definition) is 3. The number of oxime groups is 1. The van der Waals surface area contributed by atoms with E-state index in [-0.39, 0.29) is 22.2 Å². The molecule has 222 valence electrons. The number of hydrogen-bond acceptors (Lipinski definition) is 13. The summed E-state index contributed by atoms with van der Waals surface area (Å²) in [5, 5.41) is 22.0. The highest BCUT2D eigenvalue weighted by Crippen LogP contribution is 2.42. The SMILES string of the molecule is Nc1nc(/C(=N/O)C(=O)NC2C(=O)N3C(C(=O)OC(c4ccccc4)c4ccccc4)=C(/C=C\c4csnn4)CS[C@@H]23)cs1. The van der Waals surface area contributed by atoms with Gasteiger partial charge in [-0.3, -0.25) is 14.5 Å². The van der Waals surface area contributed by atoms with Crippen LogP contribution in [0, 0.1) is 0 Å². The van der Waals surface area contributed by atoms with Gasteiger partial charge in [-0.15, -0.1) is 28.2 Å². The van der Waals surface area contributed by atoms with Gasteiger partial charge in [0.2, 0.25) is 0 Å². The van der Waals surface area contributed by atoms with Crippen molar-refractivity contribution < 1.29 is 24.3 Å². The standard InChI is InChI=1S/C29H23N7O5S3/c30-29-31-20(15-43-29)21(34-40)25(37)32-22-26(38)36-23(18(13-42-27(22)36)11-12-19-14-44-35-33-19)28(39)41-24(16-7-3-1-4-8-16)17-9-5-2-6-10-17/h1-12,14-15,22,24,27,40H,13H2,(H2,30,31)(H,32,37)/b12-11-,34-21-/t22?,27-/m0/s1. The third-order valence-corrected chi connectivity index (χ3v) is 9.32. The zero-order valence-electron chi connectivity index (χ0n) is 22.6. The first-order valence-corrected chi connectivity index (χ1v) is 15.9. The number of rotatable bonds is 9. The Kier molecular flexibility index (Phi) is 8.49. The van der Waals surface area contributed by atoms with E-state index in [4.69, 9.17) is 10.5 Å². The van der Waals surface area contributed by atoms with E-state index in [1.165, 1.54) is 33.6 Å². The molecule has 0 aliphatic carbocycles. The van der Waals surface area contributed by atoms with Gasteiger partial charge in [-0.1, -0.05) is 76.4 Å². The molecular weight excluding hydrogens is 623 g/mol. The number of nitrogens with two attached hydrogens (primary N) is 1. The van der Waals surface area contributed by atoms with Crippen LogP contribution in [0.4, 0.5) is 5.13 Å². The summed E-state index contributed by atoms with van der Waals surface area (Å²) in [5.41, 5.74) is 8.11. The Labute approximate surface area is 263 Å². The lowest BCUT2D eigenvalue weighted by molar-refractivity contribution is -0.154. The van der Waals surface area contributed by atoms with E-state index < -0.39 is 35.3 Å². The number of nitrogen functional groups attached to an aromatic ring is 1. The van der Waals surface area contributed by atoms with Gasteiger partial charge in [0, 0.05) is 16.5 Å². The molecular formula is C29H23N7O5S3. The van der Waals surface area contributed by atoms with E-state index in [2.05, 4.69) is 25.0 Å². The van der Waals surface area contributed by atoms with Crippen molar-refractivity contribution in [2.45, 2.75) is 17.5 Å². The van der Waals surface area contributed by atoms with Crippen LogP contribution in [0.5, 0.6) is 0 Å². The molecule has 2 aromatic heterocycles. The fraction of sp³-hybridized carbons (Fsp3) is 0.138. The van der Waals surface area contributed by atoms with Crippen molar-refractivity contribution in [1.82, 2.24) is 24.8 Å². The van der Waals surface area contributed by atoms with Crippen molar-refractivity contribution in [2.24, 2.45) is 5.16 Å². The minimum absolute atomic E-state index is 0.0730. The third kappa shape index (κ3) is 5.84. The number of carbonyl (C=O) groups is 3. The van der Waals surface area contributed by atoms with E-state index in [9.17, 15) is 19.6 Å². The molecule has 4 heterocycles. The Morgan fingerprint density at radius 1 is 1.09 bits per heavy atom. The van der Waals surface area contributed by atoms with Crippen LogP contribution in [0.15, 0.2) is 93.9 Å². The Morgan fingerprint density at radius 2 is 1.80 bits per heavy atom. The van der Waals surface area contributed by atoms with Gasteiger partial charge in [0.25, 0.3) is 11.8 Å². The molecule has 1 fully saturated rings. The molecule has 4 N–H and O–H groups in total. The molecule has 6 rings (SSSR count). The van der Waals surface area contributed by atoms with Gasteiger partial charge in [0.05, 0.1) is 5.69 Å². The van der Waals surface area contributed by atoms with Crippen molar-refractivity contribution in [1.29, 1.82) is 0 Å². The van der Waals surface area contributed by atoms with E-state index in [0.29, 0.717) is 17.0 Å². The molecule has 2 amide bonds. The van der Waals surface area contributed by atoms with Crippen LogP contribution >= 0.6 is 34.6 Å². The summed E-state index contributed by atoms with van der Waals surface area (Å²) in [6.45, 7) is 0. The number of esters is 1. The van der Waals surface area contributed by atoms with Crippen LogP contribution in [0.3, 0.4) is 0 Å². The summed E-state index contributed by atoms with van der Waals surface area (Å²) in [7, 11) is 0. The number of fused-ring (bicyclic) bond motifs is 1. The highest BCUT2D eigenvalue weighted by Gasteiger charge is 2.54. The second kappa shape index (κ2) is 12.8. The number of β-lactam (4-membered cyclic amide) rings is 1. The average Bonchev–Trinajstić information content (AvgIpc) is 3.74. The summed E-state index contributed by atoms with van der Waals surface area (Å²) < 4.78 is 10.0. The van der Waals surface area contributed by atoms with Crippen LogP contribution in [0.2, 0.25) is 0 Å². The highest BCUT2D eigenvalue weighted by atomic mass is 32.2. The lowest BCUT2D eigenvalue weighted by atomic mass is 10.00. The first kappa shape index (κ1) is 29.2. The number of amides is 2. The van der Waals surface area contributed by atoms with E-state index >= 15 is 0 Å². The fourth-order valence-corrected chi connectivity index (χ4v) is 7.05. The zero-order valence-corrected chi connectivity index (χ0v) is 25.1. The van der Waals surface area contributed by atoms with Crippen LogP contribution < -0.4 is 11.1 Å². The Balaban J connectivity index is 1.30. The normalized spacial score (nSPS) is 18.3. The molecule has 1 saturated heterocycles. The number of ether oxygens (including phenoxy) is 1. The summed E-state index contributed by atoms with van der Waals surface area (Å²) in [6.07, 6.45) is 2.70. The van der Waals surface area contributed by atoms with Gasteiger partial charge < -0.3 is 21.0 Å². The molecule has 15 heteroatoms. The molecule has 2 aliphatic heterocycles. The maximum atomic E-state index is 14.0. The average molecular weight is 646 g/mol. The van der Waals surface area contributed by atoms with Gasteiger partial charge in [-0.2, -0.15) is 0 Å². The Hall–Kier alpha value is -4.86. The van der Waals surface area contributed by atoms with Gasteiger partial charge in [-0.25, -0.2) is 9.78 Å². The lowest BCUT2D eigenvalue weighted by Crippen LogP contribution is -2.71. The topological polar surface area (TPSA) is 173 Å². The Bertz CT molecular complexity index is 1740. The molecule has 0 spiro atoms. The highest BCUT2D eigenvalue weighted by molar-refractivity contribution is 8.00. The number of thioether (sulfide) groups is 1. The molecule has 12 nitrogen and oxygen atoms in total. The zero-order chi connectivity index (χ0) is 30.6. The van der Waals surface area contributed by atoms with Crippen molar-refractivity contribution in [2.75, 3.05) is 11.5 Å². The smallest absolute Gasteiger partial charge is 0.356 e. The molecule has 1 unspecified atom stereocenters. The largest absolute Gasteiger partial charge is 0.448 e. The minimum Gasteiger partial charge on any atom is -0.448 e. The quantitative estimate of drug-likeness (QED) is 0.0805. The first-order chi connectivity index (χ1) is 21.4. The number of thiazole rings is 1. The molecule has 44 heavy (non-hydrogen) atoms. The van der Waals surface area contributed by atoms with Crippen molar-refractivity contribution in [3.8, 4) is 0 Å². The van der Waals surface area contributed by atoms with Crippen LogP contribution in [-0.2, 0) is 19.1 Å². The summed E-state index contributed by atoms with van der Waals surface area (Å²) in [4.78, 5) is 45.9. The molecule has 2 atom stereocenters. The second-order valence-corrected chi connectivity index (χ2v) is 12.1. The maximum Gasteiger partial charge on any atom is 0.356 e. The summed E-state index contributed by atoms with van der Waals surface area (Å²) in [5.74, 6) is -1.68. The van der Waals surface area contributed by atoms with Crippen LogP contribution in [0.1, 0.15) is 28.6 Å². The number of benzene rings is 2. The van der Waals surface area contributed by atoms with Gasteiger partial charge >= 0.3 is 5.97 Å². The molecule has 2 aliphatic rings. The number of nitrogens with zero attached hydrogens (tertiary/aromatic N) is 5. The van der Waals surface area contributed by atoms with Gasteiger partial charge in [-0.05, 0) is 34.3 Å². The molecule has 0 radical (unpaired) electrons. The maximum absolute atomic E-state index is 14.0. The van der Waals surface area contributed by atoms with Crippen molar-refractivity contribution in [3.63, 3.8) is 0 Å². The van der Waals surface area contributed by atoms with Gasteiger partial charge in [0.15, 0.2) is 16.9 Å². The predicted molar refractivity (Wildman–Crippen MR) is 167 cm³/mol. The first-order valence-electron chi connectivity index (χ1n) is 13.1. The van der Waals surface area contributed by atoms with E-state index in [0.717, 1.165) is 22.5 Å². The number of anilines is 1. The monoisotopic (exact) mass is 645 g/mol. The lowest BCUT2D eigenvalue weighted by Gasteiger charge is -2.49. The van der Waals surface area contributed by atoms with E-state index in [1.807, 2.05) is 60.7 Å². The van der Waals surface area contributed by atoms with Gasteiger partial charge in [0.1, 0.15) is 22.8 Å². The molecule has 2 aromatic carbocycles. The minimum atomic E-state index is -0.990. The van der Waals surface area contributed by atoms with Crippen LogP contribution in [0.25, 0.3) is 6.08 Å². The summed E-state index contributed by atoms with van der Waals surface area (Å²) >= 11 is 3.63. The fourth-order valence-electron chi connectivity index (χ4n) is 4.76. The number of allylic oxidation sites excluding steroid dienone is 1. The number of carbonyl (C=O) groups excluding carboxylic acids is 3. The number of nitrogens with one attached hydrogen (secondary N) is 1.